The number of aromatic nitrogens is 2. The number of hydrogen-bond acceptors (Lipinski definition) is 5. The van der Waals surface area contributed by atoms with Crippen LogP contribution < -0.4 is 0 Å². The molecule has 1 saturated heterocycles. The van der Waals surface area contributed by atoms with E-state index in [0.717, 1.165) is 31.8 Å². The van der Waals surface area contributed by atoms with Crippen molar-refractivity contribution in [3.8, 4) is 0 Å². The first kappa shape index (κ1) is 16.8. The Morgan fingerprint density at radius 1 is 1.50 bits per heavy atom. The molecule has 22 heavy (non-hydrogen) atoms. The van der Waals surface area contributed by atoms with Gasteiger partial charge in [-0.3, -0.25) is 9.69 Å². The summed E-state index contributed by atoms with van der Waals surface area (Å²) in [6.07, 6.45) is 6.02. The zero-order valence-electron chi connectivity index (χ0n) is 13.7. The Balaban J connectivity index is 1.78. The molecule has 2 rings (SSSR count). The molecule has 0 saturated carbocycles. The maximum atomic E-state index is 12.2. The van der Waals surface area contributed by atoms with Gasteiger partial charge in [0.15, 0.2) is 0 Å². The molecular formula is C16H26N4O2. The van der Waals surface area contributed by atoms with E-state index >= 15 is 0 Å². The van der Waals surface area contributed by atoms with E-state index in [1.165, 1.54) is 0 Å². The highest BCUT2D eigenvalue weighted by molar-refractivity contribution is 5.76. The van der Waals surface area contributed by atoms with E-state index in [4.69, 9.17) is 4.74 Å². The van der Waals surface area contributed by atoms with Crippen LogP contribution in [0, 0.1) is 0 Å². The van der Waals surface area contributed by atoms with E-state index in [2.05, 4.69) is 21.9 Å². The van der Waals surface area contributed by atoms with Crippen LogP contribution in [0.4, 0.5) is 0 Å². The molecule has 2 atom stereocenters. The summed E-state index contributed by atoms with van der Waals surface area (Å²) in [7, 11) is 3.75. The maximum Gasteiger partial charge on any atom is 0.222 e. The standard InChI is InChI=1S/C16H26N4O2/c1-13(22-3)5-6-16(21)20-10-7-14(11-20)19(2)12-15-17-8-4-9-18-15/h4,8-9,13-14H,5-7,10-12H2,1-3H3/t13-,14+/m0/s1. The van der Waals surface area contributed by atoms with Crippen molar-refractivity contribution < 1.29 is 9.53 Å². The van der Waals surface area contributed by atoms with Gasteiger partial charge in [0.1, 0.15) is 5.82 Å². The van der Waals surface area contributed by atoms with Crippen LogP contribution in [0.25, 0.3) is 0 Å². The molecule has 1 aromatic heterocycles. The number of hydrogen-bond donors (Lipinski definition) is 0. The first-order chi connectivity index (χ1) is 10.6. The summed E-state index contributed by atoms with van der Waals surface area (Å²) >= 11 is 0. The van der Waals surface area contributed by atoms with Gasteiger partial charge in [-0.2, -0.15) is 0 Å². The summed E-state index contributed by atoms with van der Waals surface area (Å²) in [6.45, 7) is 4.34. The molecule has 0 bridgehead atoms. The van der Waals surface area contributed by atoms with Gasteiger partial charge in [-0.05, 0) is 32.9 Å². The number of amides is 1. The topological polar surface area (TPSA) is 58.6 Å². The SMILES string of the molecule is CO[C@@H](C)CCC(=O)N1CC[C@@H](N(C)Cc2ncccn2)C1. The maximum absolute atomic E-state index is 12.2. The Labute approximate surface area is 132 Å². The predicted octanol–water partition coefficient (Wildman–Crippen LogP) is 1.32. The molecule has 122 valence electrons. The minimum atomic E-state index is 0.139. The number of methoxy groups -OCH3 is 1. The Hall–Kier alpha value is -1.53. The molecule has 0 spiro atoms. The van der Waals surface area contributed by atoms with Gasteiger partial charge in [0.2, 0.25) is 5.91 Å². The zero-order chi connectivity index (χ0) is 15.9. The zero-order valence-corrected chi connectivity index (χ0v) is 13.7. The normalized spacial score (nSPS) is 19.6. The van der Waals surface area contributed by atoms with Crippen LogP contribution in [0.3, 0.4) is 0 Å². The molecule has 1 amide bonds. The Morgan fingerprint density at radius 3 is 2.91 bits per heavy atom. The summed E-state index contributed by atoms with van der Waals surface area (Å²) in [4.78, 5) is 24.9. The average Bonchev–Trinajstić information content (AvgIpc) is 3.03. The van der Waals surface area contributed by atoms with Gasteiger partial charge in [0.25, 0.3) is 0 Å². The van der Waals surface area contributed by atoms with Crippen LogP contribution in [0.2, 0.25) is 0 Å². The van der Waals surface area contributed by atoms with Crippen molar-refractivity contribution >= 4 is 5.91 Å². The largest absolute Gasteiger partial charge is 0.382 e. The number of carbonyl (C=O) groups is 1. The van der Waals surface area contributed by atoms with Crippen molar-refractivity contribution in [1.29, 1.82) is 0 Å². The van der Waals surface area contributed by atoms with Crippen LogP contribution >= 0.6 is 0 Å². The van der Waals surface area contributed by atoms with Crippen LogP contribution in [-0.4, -0.2) is 65.1 Å². The lowest BCUT2D eigenvalue weighted by Crippen LogP contribution is -2.36. The fraction of sp³-hybridized carbons (Fsp3) is 0.688. The van der Waals surface area contributed by atoms with Crippen molar-refractivity contribution in [2.45, 2.75) is 44.9 Å². The Kier molecular flexibility index (Phi) is 6.27. The van der Waals surface area contributed by atoms with Gasteiger partial charge in [-0.15, -0.1) is 0 Å². The molecule has 1 aliphatic rings. The molecule has 0 unspecified atom stereocenters. The number of likely N-dealkylation sites (N-methyl/N-ethyl adjacent to an activating group) is 1. The quantitative estimate of drug-likeness (QED) is 0.760. The van der Waals surface area contributed by atoms with Gasteiger partial charge >= 0.3 is 0 Å². The van der Waals surface area contributed by atoms with E-state index in [1.54, 1.807) is 19.5 Å². The second-order valence-electron chi connectivity index (χ2n) is 5.95. The number of carbonyl (C=O) groups excluding carboxylic acids is 1. The second-order valence-corrected chi connectivity index (χ2v) is 5.95. The molecule has 6 heteroatoms. The van der Waals surface area contributed by atoms with Crippen molar-refractivity contribution in [3.05, 3.63) is 24.3 Å². The minimum Gasteiger partial charge on any atom is -0.382 e. The van der Waals surface area contributed by atoms with Gasteiger partial charge in [-0.25, -0.2) is 9.97 Å². The third-order valence-corrected chi connectivity index (χ3v) is 4.32. The summed E-state index contributed by atoms with van der Waals surface area (Å²) in [5.41, 5.74) is 0. The van der Waals surface area contributed by atoms with Crippen LogP contribution in [0.1, 0.15) is 32.0 Å². The van der Waals surface area contributed by atoms with Gasteiger partial charge < -0.3 is 9.64 Å². The number of nitrogens with zero attached hydrogens (tertiary/aromatic N) is 4. The van der Waals surface area contributed by atoms with E-state index in [9.17, 15) is 4.79 Å². The van der Waals surface area contributed by atoms with Crippen LogP contribution in [0.5, 0.6) is 0 Å². The highest BCUT2D eigenvalue weighted by Crippen LogP contribution is 2.17. The highest BCUT2D eigenvalue weighted by Gasteiger charge is 2.28. The molecule has 1 aromatic rings. The smallest absolute Gasteiger partial charge is 0.222 e. The van der Waals surface area contributed by atoms with Crippen molar-refractivity contribution in [2.75, 3.05) is 27.2 Å². The molecule has 1 aliphatic heterocycles. The predicted molar refractivity (Wildman–Crippen MR) is 84.2 cm³/mol. The fourth-order valence-corrected chi connectivity index (χ4v) is 2.69. The van der Waals surface area contributed by atoms with Crippen LogP contribution in [0.15, 0.2) is 18.5 Å². The lowest BCUT2D eigenvalue weighted by molar-refractivity contribution is -0.131. The fourth-order valence-electron chi connectivity index (χ4n) is 2.69. The Morgan fingerprint density at radius 2 is 2.23 bits per heavy atom. The van der Waals surface area contributed by atoms with Gasteiger partial charge in [-0.1, -0.05) is 0 Å². The third-order valence-electron chi connectivity index (χ3n) is 4.32. The third kappa shape index (κ3) is 4.74. The Bertz CT molecular complexity index is 468. The molecule has 2 heterocycles. The second kappa shape index (κ2) is 8.19. The summed E-state index contributed by atoms with van der Waals surface area (Å²) < 4.78 is 5.20. The van der Waals surface area contributed by atoms with E-state index in [0.29, 0.717) is 19.0 Å². The van der Waals surface area contributed by atoms with Crippen molar-refractivity contribution in [1.82, 2.24) is 19.8 Å². The average molecular weight is 306 g/mol. The number of rotatable bonds is 7. The molecule has 0 aromatic carbocycles. The minimum absolute atomic E-state index is 0.139. The van der Waals surface area contributed by atoms with Gasteiger partial charge in [0, 0.05) is 45.1 Å². The first-order valence-electron chi connectivity index (χ1n) is 7.87. The molecule has 0 radical (unpaired) electrons. The molecule has 1 fully saturated rings. The molecular weight excluding hydrogens is 280 g/mol. The number of likely N-dealkylation sites (tertiary alicyclic amines) is 1. The van der Waals surface area contributed by atoms with E-state index in [1.807, 2.05) is 17.9 Å². The summed E-state index contributed by atoms with van der Waals surface area (Å²) in [6, 6.07) is 2.20. The lowest BCUT2D eigenvalue weighted by Gasteiger charge is -2.24. The van der Waals surface area contributed by atoms with Gasteiger partial charge in [0.05, 0.1) is 12.6 Å². The molecule has 0 aliphatic carbocycles. The molecule has 0 N–H and O–H groups in total. The molecule has 6 nitrogen and oxygen atoms in total. The van der Waals surface area contributed by atoms with Crippen molar-refractivity contribution in [2.24, 2.45) is 0 Å². The van der Waals surface area contributed by atoms with Crippen LogP contribution in [-0.2, 0) is 16.1 Å². The van der Waals surface area contributed by atoms with E-state index < -0.39 is 0 Å². The summed E-state index contributed by atoms with van der Waals surface area (Å²) in [5.74, 6) is 1.06. The highest BCUT2D eigenvalue weighted by atomic mass is 16.5. The summed E-state index contributed by atoms with van der Waals surface area (Å²) in [5, 5.41) is 0. The number of ether oxygens (including phenoxy) is 1. The van der Waals surface area contributed by atoms with Crippen molar-refractivity contribution in [3.63, 3.8) is 0 Å². The van der Waals surface area contributed by atoms with E-state index in [-0.39, 0.29) is 12.0 Å². The first-order valence-corrected chi connectivity index (χ1v) is 7.87. The monoisotopic (exact) mass is 306 g/mol. The lowest BCUT2D eigenvalue weighted by atomic mass is 10.2.